The topological polar surface area (TPSA) is 107 Å². The summed E-state index contributed by atoms with van der Waals surface area (Å²) in [6.45, 7) is -0.877. The Labute approximate surface area is 105 Å². The number of carboxylic acids is 1. The molecule has 0 aliphatic rings. The molecule has 0 atom stereocenters. The van der Waals surface area contributed by atoms with Crippen LogP contribution in [-0.4, -0.2) is 38.8 Å². The molecular weight excluding hydrogens is 268 g/mol. The minimum atomic E-state index is -2.77. The molecule has 1 heterocycles. The highest BCUT2D eigenvalue weighted by Gasteiger charge is 2.22. The zero-order valence-electron chi connectivity index (χ0n) is 9.66. The second-order valence-corrected chi connectivity index (χ2v) is 3.54. The summed E-state index contributed by atoms with van der Waals surface area (Å²) >= 11 is 0. The van der Waals surface area contributed by atoms with Crippen LogP contribution in [0.2, 0.25) is 0 Å². The van der Waals surface area contributed by atoms with Gasteiger partial charge in [0.1, 0.15) is 6.20 Å². The van der Waals surface area contributed by atoms with Gasteiger partial charge in [-0.3, -0.25) is 19.6 Å². The molecule has 10 heteroatoms. The summed E-state index contributed by atoms with van der Waals surface area (Å²) < 4.78 is 29.5. The van der Waals surface area contributed by atoms with Crippen molar-refractivity contribution in [3.05, 3.63) is 16.3 Å². The molecule has 8 nitrogen and oxygen atoms in total. The van der Waals surface area contributed by atoms with Crippen molar-refractivity contribution in [3.8, 4) is 5.88 Å². The number of hydrogen-bond acceptors (Lipinski definition) is 5. The molecule has 0 saturated heterocycles. The van der Waals surface area contributed by atoms with E-state index in [0.29, 0.717) is 0 Å². The average molecular weight is 279 g/mol. The monoisotopic (exact) mass is 279 g/mol. The van der Waals surface area contributed by atoms with Gasteiger partial charge < -0.3 is 9.84 Å². The standard InChI is InChI=1S/C9H11F2N3O5/c10-7(11)5-19-9-6(14(17)18)4-13(12-9)3-1-2-8(15)16/h4,7H,1-3,5H2,(H,15,16). The van der Waals surface area contributed by atoms with Crippen LogP contribution in [0, 0.1) is 10.1 Å². The number of aromatic nitrogens is 2. The Balaban J connectivity index is 2.70. The summed E-state index contributed by atoms with van der Waals surface area (Å²) in [5, 5.41) is 22.7. The number of nitro groups is 1. The molecule has 0 spiro atoms. The SMILES string of the molecule is O=C(O)CCCn1cc([N+](=O)[O-])c(OCC(F)F)n1. The van der Waals surface area contributed by atoms with E-state index in [0.717, 1.165) is 10.9 Å². The van der Waals surface area contributed by atoms with Crippen molar-refractivity contribution in [1.29, 1.82) is 0 Å². The number of ether oxygens (including phenoxy) is 1. The Morgan fingerprint density at radius 3 is 2.84 bits per heavy atom. The quantitative estimate of drug-likeness (QED) is 0.567. The van der Waals surface area contributed by atoms with Crippen molar-refractivity contribution >= 4 is 11.7 Å². The number of carbonyl (C=O) groups is 1. The molecule has 0 aliphatic carbocycles. The highest BCUT2D eigenvalue weighted by atomic mass is 19.3. The molecule has 0 unspecified atom stereocenters. The number of aryl methyl sites for hydroxylation is 1. The third kappa shape index (κ3) is 4.85. The van der Waals surface area contributed by atoms with E-state index in [9.17, 15) is 23.7 Å². The van der Waals surface area contributed by atoms with E-state index < -0.39 is 35.5 Å². The van der Waals surface area contributed by atoms with Crippen LogP contribution in [0.25, 0.3) is 0 Å². The second kappa shape index (κ2) is 6.61. The number of aliphatic carboxylic acids is 1. The van der Waals surface area contributed by atoms with Gasteiger partial charge in [0.05, 0.1) is 4.92 Å². The molecule has 0 aliphatic heterocycles. The summed E-state index contributed by atoms with van der Waals surface area (Å²) in [6.07, 6.45) is -1.66. The van der Waals surface area contributed by atoms with Gasteiger partial charge in [0, 0.05) is 13.0 Å². The Kier molecular flexibility index (Phi) is 5.15. The van der Waals surface area contributed by atoms with Crippen LogP contribution in [-0.2, 0) is 11.3 Å². The maximum atomic E-state index is 12.0. The molecule has 0 aromatic carbocycles. The molecule has 0 fully saturated rings. The summed E-state index contributed by atoms with van der Waals surface area (Å²) in [5.41, 5.74) is -0.532. The molecule has 0 amide bonds. The molecule has 0 saturated carbocycles. The van der Waals surface area contributed by atoms with Gasteiger partial charge in [-0.15, -0.1) is 5.10 Å². The summed E-state index contributed by atoms with van der Waals surface area (Å²) in [5.74, 6) is -1.50. The van der Waals surface area contributed by atoms with Crippen LogP contribution in [0.15, 0.2) is 6.20 Å². The Morgan fingerprint density at radius 1 is 1.63 bits per heavy atom. The lowest BCUT2D eigenvalue weighted by atomic mass is 10.3. The van der Waals surface area contributed by atoms with Crippen LogP contribution >= 0.6 is 0 Å². The minimum Gasteiger partial charge on any atom is -0.481 e. The van der Waals surface area contributed by atoms with Crippen molar-refractivity contribution in [2.45, 2.75) is 25.8 Å². The maximum Gasteiger partial charge on any atom is 0.350 e. The van der Waals surface area contributed by atoms with Crippen LogP contribution in [0.5, 0.6) is 5.88 Å². The summed E-state index contributed by atoms with van der Waals surface area (Å²) in [7, 11) is 0. The highest BCUT2D eigenvalue weighted by molar-refractivity contribution is 5.66. The van der Waals surface area contributed by atoms with Crippen molar-refractivity contribution in [2.24, 2.45) is 0 Å². The van der Waals surface area contributed by atoms with E-state index in [1.165, 1.54) is 0 Å². The highest BCUT2D eigenvalue weighted by Crippen LogP contribution is 2.25. The normalized spacial score (nSPS) is 10.7. The first-order chi connectivity index (χ1) is 8.90. The second-order valence-electron chi connectivity index (χ2n) is 3.54. The van der Waals surface area contributed by atoms with E-state index in [4.69, 9.17) is 5.11 Å². The van der Waals surface area contributed by atoms with E-state index >= 15 is 0 Å². The predicted octanol–water partition coefficient (Wildman–Crippen LogP) is 1.30. The smallest absolute Gasteiger partial charge is 0.350 e. The van der Waals surface area contributed by atoms with Crippen molar-refractivity contribution in [2.75, 3.05) is 6.61 Å². The van der Waals surface area contributed by atoms with Gasteiger partial charge in [-0.25, -0.2) is 8.78 Å². The summed E-state index contributed by atoms with van der Waals surface area (Å²) in [4.78, 5) is 20.1. The minimum absolute atomic E-state index is 0.116. The first kappa shape index (κ1) is 14.8. The third-order valence-corrected chi connectivity index (χ3v) is 2.03. The molecule has 106 valence electrons. The Bertz CT molecular complexity index is 463. The van der Waals surface area contributed by atoms with Gasteiger partial charge in [0.15, 0.2) is 6.61 Å². The van der Waals surface area contributed by atoms with E-state index in [1.54, 1.807) is 0 Å². The summed E-state index contributed by atoms with van der Waals surface area (Å²) in [6, 6.07) is 0. The third-order valence-electron chi connectivity index (χ3n) is 2.03. The van der Waals surface area contributed by atoms with Crippen molar-refractivity contribution in [1.82, 2.24) is 9.78 Å². The molecule has 0 bridgehead atoms. The molecule has 0 radical (unpaired) electrons. The predicted molar refractivity (Wildman–Crippen MR) is 57.3 cm³/mol. The average Bonchev–Trinajstić information content (AvgIpc) is 2.69. The van der Waals surface area contributed by atoms with Crippen LogP contribution in [0.1, 0.15) is 12.8 Å². The Hall–Kier alpha value is -2.26. The largest absolute Gasteiger partial charge is 0.481 e. The van der Waals surface area contributed by atoms with E-state index in [2.05, 4.69) is 9.84 Å². The lowest BCUT2D eigenvalue weighted by molar-refractivity contribution is -0.386. The first-order valence-corrected chi connectivity index (χ1v) is 5.24. The number of halogens is 2. The number of alkyl halides is 2. The van der Waals surface area contributed by atoms with Gasteiger partial charge in [0.25, 0.3) is 6.43 Å². The van der Waals surface area contributed by atoms with Crippen LogP contribution in [0.3, 0.4) is 0 Å². The van der Waals surface area contributed by atoms with Crippen LogP contribution < -0.4 is 4.74 Å². The zero-order chi connectivity index (χ0) is 14.4. The van der Waals surface area contributed by atoms with Gasteiger partial charge in [-0.1, -0.05) is 0 Å². The molecular formula is C9H11F2N3O5. The van der Waals surface area contributed by atoms with Gasteiger partial charge in [-0.2, -0.15) is 0 Å². The van der Waals surface area contributed by atoms with E-state index in [-0.39, 0.29) is 19.4 Å². The number of hydrogen-bond donors (Lipinski definition) is 1. The van der Waals surface area contributed by atoms with Crippen LogP contribution in [0.4, 0.5) is 14.5 Å². The molecule has 1 rings (SSSR count). The van der Waals surface area contributed by atoms with Crippen molar-refractivity contribution in [3.63, 3.8) is 0 Å². The zero-order valence-corrected chi connectivity index (χ0v) is 9.66. The Morgan fingerprint density at radius 2 is 2.32 bits per heavy atom. The van der Waals surface area contributed by atoms with Gasteiger partial charge in [0.2, 0.25) is 0 Å². The lowest BCUT2D eigenvalue weighted by Crippen LogP contribution is -2.09. The molecule has 19 heavy (non-hydrogen) atoms. The van der Waals surface area contributed by atoms with E-state index in [1.807, 2.05) is 0 Å². The molecule has 1 aromatic rings. The van der Waals surface area contributed by atoms with Gasteiger partial charge in [-0.05, 0) is 6.42 Å². The number of carboxylic acid groups (broad SMARTS) is 1. The fraction of sp³-hybridized carbons (Fsp3) is 0.556. The fourth-order valence-corrected chi connectivity index (χ4v) is 1.27. The lowest BCUT2D eigenvalue weighted by Gasteiger charge is -2.00. The maximum absolute atomic E-state index is 12.0. The van der Waals surface area contributed by atoms with Gasteiger partial charge >= 0.3 is 17.5 Å². The fourth-order valence-electron chi connectivity index (χ4n) is 1.27. The molecule has 1 N–H and O–H groups in total. The molecule has 1 aromatic heterocycles. The first-order valence-electron chi connectivity index (χ1n) is 5.24. The van der Waals surface area contributed by atoms with Crippen molar-refractivity contribution < 1.29 is 28.3 Å². The number of rotatable bonds is 8. The number of nitrogens with zero attached hydrogens (tertiary/aromatic N) is 3.